The van der Waals surface area contributed by atoms with Gasteiger partial charge >= 0.3 is 0 Å². The number of rotatable bonds is 3. The molecule has 2 aromatic rings. The molecule has 0 atom stereocenters. The maximum absolute atomic E-state index is 6.09. The third kappa shape index (κ3) is 2.54. The van der Waals surface area contributed by atoms with Crippen molar-refractivity contribution in [1.82, 2.24) is 4.98 Å². The Labute approximate surface area is 104 Å². The summed E-state index contributed by atoms with van der Waals surface area (Å²) in [5.41, 5.74) is 2.34. The molecule has 1 aromatic heterocycles. The van der Waals surface area contributed by atoms with Crippen molar-refractivity contribution in [1.29, 1.82) is 0 Å². The third-order valence-electron chi connectivity index (χ3n) is 2.38. The SMILES string of the molecule is CNc1ncc(Cc2ccc(C)c(Cl)c2)s1. The zero-order valence-corrected chi connectivity index (χ0v) is 10.8. The van der Waals surface area contributed by atoms with E-state index in [0.717, 1.165) is 22.1 Å². The predicted molar refractivity (Wildman–Crippen MR) is 70.7 cm³/mol. The van der Waals surface area contributed by atoms with Crippen molar-refractivity contribution in [2.45, 2.75) is 13.3 Å². The monoisotopic (exact) mass is 252 g/mol. The normalized spacial score (nSPS) is 10.4. The average molecular weight is 253 g/mol. The van der Waals surface area contributed by atoms with E-state index >= 15 is 0 Å². The zero-order valence-electron chi connectivity index (χ0n) is 9.25. The molecule has 0 amide bonds. The lowest BCUT2D eigenvalue weighted by Crippen LogP contribution is -1.86. The van der Waals surface area contributed by atoms with Crippen molar-refractivity contribution in [2.75, 3.05) is 12.4 Å². The summed E-state index contributed by atoms with van der Waals surface area (Å²) in [4.78, 5) is 5.49. The van der Waals surface area contributed by atoms with Crippen LogP contribution in [0.4, 0.5) is 5.13 Å². The molecule has 0 radical (unpaired) electrons. The summed E-state index contributed by atoms with van der Waals surface area (Å²) < 4.78 is 0. The summed E-state index contributed by atoms with van der Waals surface area (Å²) in [5.74, 6) is 0. The lowest BCUT2D eigenvalue weighted by Gasteiger charge is -2.01. The number of benzene rings is 1. The molecule has 0 saturated heterocycles. The van der Waals surface area contributed by atoms with Gasteiger partial charge in [-0.15, -0.1) is 11.3 Å². The molecule has 0 spiro atoms. The van der Waals surface area contributed by atoms with Crippen LogP contribution in [0, 0.1) is 6.92 Å². The summed E-state index contributed by atoms with van der Waals surface area (Å²) in [5, 5.41) is 4.82. The molecule has 84 valence electrons. The molecule has 1 heterocycles. The number of thiazole rings is 1. The molecule has 0 bridgehead atoms. The fourth-order valence-electron chi connectivity index (χ4n) is 1.45. The van der Waals surface area contributed by atoms with Crippen LogP contribution in [-0.4, -0.2) is 12.0 Å². The number of nitrogens with zero attached hydrogens (tertiary/aromatic N) is 1. The molecule has 1 N–H and O–H groups in total. The van der Waals surface area contributed by atoms with Gasteiger partial charge in [0.2, 0.25) is 0 Å². The summed E-state index contributed by atoms with van der Waals surface area (Å²) in [6.45, 7) is 2.01. The number of aromatic nitrogens is 1. The minimum absolute atomic E-state index is 0.829. The third-order valence-corrected chi connectivity index (χ3v) is 3.80. The summed E-state index contributed by atoms with van der Waals surface area (Å²) in [7, 11) is 1.88. The Kier molecular flexibility index (Phi) is 3.46. The first-order valence-electron chi connectivity index (χ1n) is 5.06. The molecule has 0 saturated carbocycles. The highest BCUT2D eigenvalue weighted by Crippen LogP contribution is 2.23. The Morgan fingerprint density at radius 1 is 1.44 bits per heavy atom. The van der Waals surface area contributed by atoms with Gasteiger partial charge in [0.05, 0.1) is 0 Å². The van der Waals surface area contributed by atoms with E-state index in [9.17, 15) is 0 Å². The molecular weight excluding hydrogens is 240 g/mol. The van der Waals surface area contributed by atoms with E-state index in [1.807, 2.05) is 26.2 Å². The van der Waals surface area contributed by atoms with Crippen LogP contribution in [0.5, 0.6) is 0 Å². The van der Waals surface area contributed by atoms with Crippen LogP contribution in [0.1, 0.15) is 16.0 Å². The molecule has 2 nitrogen and oxygen atoms in total. The standard InChI is InChI=1S/C12H13ClN2S/c1-8-3-4-9(6-11(8)13)5-10-7-15-12(14-2)16-10/h3-4,6-7H,5H2,1-2H3,(H,14,15). The van der Waals surface area contributed by atoms with Gasteiger partial charge in [-0.2, -0.15) is 0 Å². The lowest BCUT2D eigenvalue weighted by atomic mass is 10.1. The minimum atomic E-state index is 0.829. The quantitative estimate of drug-likeness (QED) is 0.900. The van der Waals surface area contributed by atoms with Crippen molar-refractivity contribution in [3.8, 4) is 0 Å². The number of aryl methyl sites for hydroxylation is 1. The Hall–Kier alpha value is -1.06. The van der Waals surface area contributed by atoms with Crippen LogP contribution in [0.3, 0.4) is 0 Å². The number of anilines is 1. The minimum Gasteiger partial charge on any atom is -0.365 e. The lowest BCUT2D eigenvalue weighted by molar-refractivity contribution is 1.21. The molecule has 0 aliphatic rings. The molecular formula is C12H13ClN2S. The van der Waals surface area contributed by atoms with Crippen molar-refractivity contribution in [3.05, 3.63) is 45.4 Å². The summed E-state index contributed by atoms with van der Waals surface area (Å²) >= 11 is 7.76. The van der Waals surface area contributed by atoms with E-state index in [1.54, 1.807) is 11.3 Å². The van der Waals surface area contributed by atoms with E-state index in [-0.39, 0.29) is 0 Å². The zero-order chi connectivity index (χ0) is 11.5. The highest BCUT2D eigenvalue weighted by molar-refractivity contribution is 7.15. The van der Waals surface area contributed by atoms with Gasteiger partial charge in [0.1, 0.15) is 0 Å². The highest BCUT2D eigenvalue weighted by Gasteiger charge is 2.03. The second-order valence-corrected chi connectivity index (χ2v) is 5.16. The van der Waals surface area contributed by atoms with Crippen LogP contribution in [-0.2, 0) is 6.42 Å². The molecule has 0 fully saturated rings. The van der Waals surface area contributed by atoms with E-state index in [4.69, 9.17) is 11.6 Å². The van der Waals surface area contributed by atoms with Crippen LogP contribution in [0.25, 0.3) is 0 Å². The van der Waals surface area contributed by atoms with Gasteiger partial charge in [-0.3, -0.25) is 0 Å². The molecule has 16 heavy (non-hydrogen) atoms. The van der Waals surface area contributed by atoms with Gasteiger partial charge in [-0.05, 0) is 24.1 Å². The summed E-state index contributed by atoms with van der Waals surface area (Å²) in [6, 6.07) is 6.19. The van der Waals surface area contributed by atoms with Gasteiger partial charge in [0.15, 0.2) is 5.13 Å². The first-order chi connectivity index (χ1) is 7.69. The topological polar surface area (TPSA) is 24.9 Å². The fraction of sp³-hybridized carbons (Fsp3) is 0.250. The van der Waals surface area contributed by atoms with Gasteiger partial charge < -0.3 is 5.32 Å². The van der Waals surface area contributed by atoms with Crippen LogP contribution in [0.2, 0.25) is 5.02 Å². The van der Waals surface area contributed by atoms with Crippen molar-refractivity contribution in [2.24, 2.45) is 0 Å². The Morgan fingerprint density at radius 2 is 2.25 bits per heavy atom. The van der Waals surface area contributed by atoms with Crippen LogP contribution in [0.15, 0.2) is 24.4 Å². The Bertz CT molecular complexity index is 494. The van der Waals surface area contributed by atoms with Gasteiger partial charge in [-0.1, -0.05) is 23.7 Å². The smallest absolute Gasteiger partial charge is 0.182 e. The molecule has 0 aliphatic carbocycles. The molecule has 0 aliphatic heterocycles. The summed E-state index contributed by atoms with van der Waals surface area (Å²) in [6.07, 6.45) is 2.80. The Morgan fingerprint density at radius 3 is 2.88 bits per heavy atom. The largest absolute Gasteiger partial charge is 0.365 e. The van der Waals surface area contributed by atoms with Crippen LogP contribution >= 0.6 is 22.9 Å². The number of hydrogen-bond acceptors (Lipinski definition) is 3. The molecule has 1 aromatic carbocycles. The second kappa shape index (κ2) is 4.85. The number of nitrogens with one attached hydrogen (secondary N) is 1. The van der Waals surface area contributed by atoms with E-state index in [2.05, 4.69) is 22.4 Å². The Balaban J connectivity index is 2.17. The molecule has 2 rings (SSSR count). The maximum Gasteiger partial charge on any atom is 0.182 e. The second-order valence-electron chi connectivity index (χ2n) is 3.64. The molecule has 4 heteroatoms. The first-order valence-corrected chi connectivity index (χ1v) is 6.26. The van der Waals surface area contributed by atoms with Crippen molar-refractivity contribution >= 4 is 28.1 Å². The van der Waals surface area contributed by atoms with E-state index < -0.39 is 0 Å². The average Bonchev–Trinajstić information content (AvgIpc) is 2.71. The van der Waals surface area contributed by atoms with E-state index in [0.29, 0.717) is 0 Å². The number of halogens is 1. The van der Waals surface area contributed by atoms with Gasteiger partial charge in [-0.25, -0.2) is 4.98 Å². The number of hydrogen-bond donors (Lipinski definition) is 1. The van der Waals surface area contributed by atoms with Gasteiger partial charge in [0, 0.05) is 29.6 Å². The molecule has 0 unspecified atom stereocenters. The van der Waals surface area contributed by atoms with Crippen molar-refractivity contribution in [3.63, 3.8) is 0 Å². The predicted octanol–water partition coefficient (Wildman–Crippen LogP) is 3.74. The first kappa shape index (κ1) is 11.4. The van der Waals surface area contributed by atoms with Crippen LogP contribution < -0.4 is 5.32 Å². The maximum atomic E-state index is 6.09. The van der Waals surface area contributed by atoms with Crippen molar-refractivity contribution < 1.29 is 0 Å². The van der Waals surface area contributed by atoms with Gasteiger partial charge in [0.25, 0.3) is 0 Å². The van der Waals surface area contributed by atoms with E-state index in [1.165, 1.54) is 10.4 Å². The fourth-order valence-corrected chi connectivity index (χ4v) is 2.46. The highest BCUT2D eigenvalue weighted by atomic mass is 35.5.